The van der Waals surface area contributed by atoms with E-state index >= 15 is 0 Å². The summed E-state index contributed by atoms with van der Waals surface area (Å²) >= 11 is 0. The van der Waals surface area contributed by atoms with E-state index in [0.29, 0.717) is 34.1 Å². The zero-order valence-electron chi connectivity index (χ0n) is 20.1. The van der Waals surface area contributed by atoms with Crippen LogP contribution in [0.25, 0.3) is 11.3 Å². The molecule has 186 valence electrons. The first-order valence-corrected chi connectivity index (χ1v) is 11.6. The zero-order chi connectivity index (χ0) is 26.2. The molecule has 0 unspecified atom stereocenters. The number of aromatic nitrogens is 2. The minimum absolute atomic E-state index is 0.0409. The number of carbonyl (C=O) groups excluding carboxylic acids is 2. The Labute approximate surface area is 213 Å². The van der Waals surface area contributed by atoms with Gasteiger partial charge in [-0.15, -0.1) is 0 Å². The van der Waals surface area contributed by atoms with Gasteiger partial charge in [0, 0.05) is 40.7 Å². The Balaban J connectivity index is 1.41. The van der Waals surface area contributed by atoms with Crippen LogP contribution in [0.3, 0.4) is 0 Å². The third-order valence-electron chi connectivity index (χ3n) is 5.33. The van der Waals surface area contributed by atoms with Crippen molar-refractivity contribution in [3.8, 4) is 11.3 Å². The summed E-state index contributed by atoms with van der Waals surface area (Å²) in [6.45, 7) is 1.87. The van der Waals surface area contributed by atoms with E-state index in [4.69, 9.17) is 5.11 Å². The standard InChI is InChI=1S/C28H25N5O4/c1-18-30-24(19-6-3-2-4-7-19)17-25(31-18)32-23-9-5-8-21(16-23)28(37)33-22-12-10-20(11-13-22)27(36)29-15-14-26(34)35/h2-13,16-17H,14-15H2,1H3,(H,29,36)(H,33,37)(H,34,35)(H,30,31,32). The highest BCUT2D eigenvalue weighted by Crippen LogP contribution is 2.23. The van der Waals surface area contributed by atoms with Crippen LogP contribution in [0.1, 0.15) is 33.0 Å². The first kappa shape index (κ1) is 25.1. The van der Waals surface area contributed by atoms with Crippen molar-refractivity contribution in [2.45, 2.75) is 13.3 Å². The van der Waals surface area contributed by atoms with Crippen molar-refractivity contribution in [3.63, 3.8) is 0 Å². The number of benzene rings is 3. The molecule has 0 aliphatic heterocycles. The predicted molar refractivity (Wildman–Crippen MR) is 141 cm³/mol. The molecule has 0 spiro atoms. The minimum Gasteiger partial charge on any atom is -0.481 e. The molecule has 9 heteroatoms. The number of carbonyl (C=O) groups is 3. The van der Waals surface area contributed by atoms with Crippen molar-refractivity contribution in [2.24, 2.45) is 0 Å². The number of rotatable bonds is 9. The largest absolute Gasteiger partial charge is 0.481 e. The van der Waals surface area contributed by atoms with Gasteiger partial charge in [-0.05, 0) is 49.4 Å². The number of amides is 2. The smallest absolute Gasteiger partial charge is 0.305 e. The van der Waals surface area contributed by atoms with Crippen LogP contribution in [0.15, 0.2) is 84.9 Å². The van der Waals surface area contributed by atoms with Crippen molar-refractivity contribution in [1.29, 1.82) is 0 Å². The van der Waals surface area contributed by atoms with E-state index in [1.165, 1.54) is 0 Å². The Bertz CT molecular complexity index is 1420. The van der Waals surface area contributed by atoms with Crippen molar-refractivity contribution < 1.29 is 19.5 Å². The Morgan fingerprint density at radius 3 is 2.27 bits per heavy atom. The molecule has 0 saturated heterocycles. The molecule has 4 rings (SSSR count). The average Bonchev–Trinajstić information content (AvgIpc) is 2.89. The molecule has 4 N–H and O–H groups in total. The van der Waals surface area contributed by atoms with Crippen molar-refractivity contribution in [1.82, 2.24) is 15.3 Å². The summed E-state index contributed by atoms with van der Waals surface area (Å²) < 4.78 is 0. The van der Waals surface area contributed by atoms with Crippen molar-refractivity contribution in [2.75, 3.05) is 17.2 Å². The molecule has 2 amide bonds. The number of carboxylic acids is 1. The molecule has 0 bridgehead atoms. The summed E-state index contributed by atoms with van der Waals surface area (Å²) in [6, 6.07) is 25.0. The second-order valence-electron chi connectivity index (χ2n) is 8.19. The van der Waals surface area contributed by atoms with Crippen LogP contribution in [0.4, 0.5) is 17.2 Å². The van der Waals surface area contributed by atoms with E-state index in [0.717, 1.165) is 11.3 Å². The maximum absolute atomic E-state index is 12.8. The summed E-state index contributed by atoms with van der Waals surface area (Å²) in [6.07, 6.45) is -0.154. The molecule has 1 heterocycles. The van der Waals surface area contributed by atoms with Crippen LogP contribution in [0.2, 0.25) is 0 Å². The summed E-state index contributed by atoms with van der Waals surface area (Å²) in [5, 5.41) is 17.3. The van der Waals surface area contributed by atoms with Gasteiger partial charge < -0.3 is 21.1 Å². The summed E-state index contributed by atoms with van der Waals surface area (Å²) in [5.74, 6) is -0.445. The van der Waals surface area contributed by atoms with E-state index < -0.39 is 5.97 Å². The lowest BCUT2D eigenvalue weighted by atomic mass is 10.1. The minimum atomic E-state index is -0.985. The second kappa shape index (κ2) is 11.6. The quantitative estimate of drug-likeness (QED) is 0.266. The molecule has 37 heavy (non-hydrogen) atoms. The van der Waals surface area contributed by atoms with Gasteiger partial charge in [-0.3, -0.25) is 14.4 Å². The highest BCUT2D eigenvalue weighted by molar-refractivity contribution is 6.05. The fraction of sp³-hybridized carbons (Fsp3) is 0.107. The van der Waals surface area contributed by atoms with Gasteiger partial charge in [-0.1, -0.05) is 36.4 Å². The molecule has 4 aromatic rings. The number of hydrogen-bond donors (Lipinski definition) is 4. The van der Waals surface area contributed by atoms with Gasteiger partial charge in [-0.2, -0.15) is 0 Å². The van der Waals surface area contributed by atoms with Gasteiger partial charge in [0.25, 0.3) is 11.8 Å². The number of aryl methyl sites for hydroxylation is 1. The summed E-state index contributed by atoms with van der Waals surface area (Å²) in [5.41, 5.74) is 3.79. The SMILES string of the molecule is Cc1nc(Nc2cccc(C(=O)Nc3ccc(C(=O)NCCC(=O)O)cc3)c2)cc(-c2ccccc2)n1. The Morgan fingerprint density at radius 1 is 0.784 bits per heavy atom. The summed E-state index contributed by atoms with van der Waals surface area (Å²) in [4.78, 5) is 44.5. The lowest BCUT2D eigenvalue weighted by Gasteiger charge is -2.11. The van der Waals surface area contributed by atoms with Gasteiger partial charge in [0.1, 0.15) is 11.6 Å². The lowest BCUT2D eigenvalue weighted by Crippen LogP contribution is -2.25. The Morgan fingerprint density at radius 2 is 1.54 bits per heavy atom. The fourth-order valence-corrected chi connectivity index (χ4v) is 3.57. The van der Waals surface area contributed by atoms with Crippen LogP contribution >= 0.6 is 0 Å². The monoisotopic (exact) mass is 495 g/mol. The van der Waals surface area contributed by atoms with E-state index in [1.807, 2.05) is 49.4 Å². The van der Waals surface area contributed by atoms with Crippen LogP contribution in [0, 0.1) is 6.92 Å². The van der Waals surface area contributed by atoms with Gasteiger partial charge in [0.15, 0.2) is 0 Å². The average molecular weight is 496 g/mol. The van der Waals surface area contributed by atoms with E-state index in [-0.39, 0.29) is 24.8 Å². The maximum atomic E-state index is 12.8. The second-order valence-corrected chi connectivity index (χ2v) is 8.19. The third kappa shape index (κ3) is 6.98. The highest BCUT2D eigenvalue weighted by Gasteiger charge is 2.11. The molecule has 0 atom stereocenters. The molecule has 0 radical (unpaired) electrons. The number of nitrogens with one attached hydrogen (secondary N) is 3. The van der Waals surface area contributed by atoms with Crippen LogP contribution in [-0.4, -0.2) is 39.4 Å². The van der Waals surface area contributed by atoms with Crippen LogP contribution in [-0.2, 0) is 4.79 Å². The fourth-order valence-electron chi connectivity index (χ4n) is 3.57. The Hall–Kier alpha value is -5.05. The van der Waals surface area contributed by atoms with E-state index in [9.17, 15) is 14.4 Å². The van der Waals surface area contributed by atoms with Crippen LogP contribution in [0.5, 0.6) is 0 Å². The number of aliphatic carboxylic acids is 1. The third-order valence-corrected chi connectivity index (χ3v) is 5.33. The predicted octanol–water partition coefficient (Wildman–Crippen LogP) is 4.65. The molecular formula is C28H25N5O4. The van der Waals surface area contributed by atoms with Gasteiger partial charge in [0.05, 0.1) is 12.1 Å². The van der Waals surface area contributed by atoms with E-state index in [1.54, 1.807) is 42.5 Å². The first-order chi connectivity index (χ1) is 17.9. The topological polar surface area (TPSA) is 133 Å². The van der Waals surface area contributed by atoms with Crippen molar-refractivity contribution >= 4 is 35.0 Å². The van der Waals surface area contributed by atoms with Gasteiger partial charge in [-0.25, -0.2) is 9.97 Å². The molecule has 0 aliphatic rings. The van der Waals surface area contributed by atoms with E-state index in [2.05, 4.69) is 25.9 Å². The Kier molecular flexibility index (Phi) is 7.85. The number of hydrogen-bond acceptors (Lipinski definition) is 6. The molecule has 9 nitrogen and oxygen atoms in total. The molecule has 0 fully saturated rings. The molecule has 0 saturated carbocycles. The molecular weight excluding hydrogens is 470 g/mol. The normalized spacial score (nSPS) is 10.4. The number of carboxylic acid groups (broad SMARTS) is 1. The number of nitrogens with zero attached hydrogens (tertiary/aromatic N) is 2. The van der Waals surface area contributed by atoms with Gasteiger partial charge in [0.2, 0.25) is 0 Å². The maximum Gasteiger partial charge on any atom is 0.305 e. The zero-order valence-corrected chi connectivity index (χ0v) is 20.1. The highest BCUT2D eigenvalue weighted by atomic mass is 16.4. The van der Waals surface area contributed by atoms with Gasteiger partial charge >= 0.3 is 5.97 Å². The molecule has 0 aliphatic carbocycles. The molecule has 3 aromatic carbocycles. The summed E-state index contributed by atoms with van der Waals surface area (Å²) in [7, 11) is 0. The molecule has 1 aromatic heterocycles. The van der Waals surface area contributed by atoms with Crippen molar-refractivity contribution in [3.05, 3.63) is 102 Å². The van der Waals surface area contributed by atoms with Crippen LogP contribution < -0.4 is 16.0 Å². The number of anilines is 3. The lowest BCUT2D eigenvalue weighted by molar-refractivity contribution is -0.136. The first-order valence-electron chi connectivity index (χ1n) is 11.6.